The molecule has 1 aliphatic rings. The molecule has 1 N–H and O–H groups in total. The highest BCUT2D eigenvalue weighted by atomic mass is 16.6. The number of carbonyl (C=O) groups is 2. The van der Waals surface area contributed by atoms with Gasteiger partial charge < -0.3 is 14.6 Å². The molecule has 0 spiro atoms. The predicted octanol–water partition coefficient (Wildman–Crippen LogP) is 2.63. The van der Waals surface area contributed by atoms with Crippen molar-refractivity contribution in [3.63, 3.8) is 0 Å². The fraction of sp³-hybridized carbons (Fsp3) is 0.667. The smallest absolute Gasteiger partial charge is 0.410 e. The molecule has 1 aromatic heterocycles. The third kappa shape index (κ3) is 4.58. The first kappa shape index (κ1) is 15.5. The SMILES string of the molecule is CC(C)(C)OC(=O)N1CCC(CC(=O)c2cnc[nH]2)CC1. The molecule has 116 valence electrons. The Kier molecular flexibility index (Phi) is 4.65. The molecule has 6 heteroatoms. The second-order valence-electron chi connectivity index (χ2n) is 6.50. The molecule has 0 aromatic carbocycles. The van der Waals surface area contributed by atoms with Crippen LogP contribution in [0.2, 0.25) is 0 Å². The van der Waals surface area contributed by atoms with Crippen LogP contribution in [0.4, 0.5) is 4.79 Å². The second-order valence-corrected chi connectivity index (χ2v) is 6.50. The van der Waals surface area contributed by atoms with Crippen molar-refractivity contribution in [1.29, 1.82) is 0 Å². The van der Waals surface area contributed by atoms with E-state index < -0.39 is 5.60 Å². The minimum Gasteiger partial charge on any atom is -0.444 e. The number of nitrogens with zero attached hydrogens (tertiary/aromatic N) is 2. The standard InChI is InChI=1S/C15H23N3O3/c1-15(2,3)21-14(20)18-6-4-11(5-7-18)8-13(19)12-9-16-10-17-12/h9-11H,4-8H2,1-3H3,(H,16,17). The van der Waals surface area contributed by atoms with Crippen molar-refractivity contribution in [2.75, 3.05) is 13.1 Å². The number of aromatic nitrogens is 2. The quantitative estimate of drug-likeness (QED) is 0.869. The fourth-order valence-corrected chi connectivity index (χ4v) is 2.43. The molecule has 1 aliphatic heterocycles. The van der Waals surface area contributed by atoms with Crippen molar-refractivity contribution in [2.24, 2.45) is 5.92 Å². The second kappa shape index (κ2) is 6.28. The lowest BCUT2D eigenvalue weighted by atomic mass is 9.91. The number of hydrogen-bond donors (Lipinski definition) is 1. The number of Topliss-reactive ketones (excluding diaryl/α,β-unsaturated/α-hetero) is 1. The van der Waals surface area contributed by atoms with E-state index in [1.54, 1.807) is 11.1 Å². The number of carbonyl (C=O) groups excluding carboxylic acids is 2. The van der Waals surface area contributed by atoms with Crippen LogP contribution in [0.3, 0.4) is 0 Å². The first-order chi connectivity index (χ1) is 9.85. The van der Waals surface area contributed by atoms with Crippen LogP contribution in [0, 0.1) is 5.92 Å². The summed E-state index contributed by atoms with van der Waals surface area (Å²) in [7, 11) is 0. The number of rotatable bonds is 3. The van der Waals surface area contributed by atoms with Gasteiger partial charge in [0.2, 0.25) is 0 Å². The zero-order valence-corrected chi connectivity index (χ0v) is 12.9. The highest BCUT2D eigenvalue weighted by Gasteiger charge is 2.28. The lowest BCUT2D eigenvalue weighted by Crippen LogP contribution is -2.42. The van der Waals surface area contributed by atoms with Gasteiger partial charge in [-0.2, -0.15) is 0 Å². The summed E-state index contributed by atoms with van der Waals surface area (Å²) in [5, 5.41) is 0. The molecule has 6 nitrogen and oxygen atoms in total. The van der Waals surface area contributed by atoms with E-state index in [0.717, 1.165) is 12.8 Å². The van der Waals surface area contributed by atoms with Crippen LogP contribution in [-0.2, 0) is 4.74 Å². The average molecular weight is 293 g/mol. The number of H-pyrrole nitrogens is 1. The van der Waals surface area contributed by atoms with Crippen LogP contribution in [-0.4, -0.2) is 45.4 Å². The van der Waals surface area contributed by atoms with E-state index in [1.165, 1.54) is 6.33 Å². The summed E-state index contributed by atoms with van der Waals surface area (Å²) in [6, 6.07) is 0. The van der Waals surface area contributed by atoms with Gasteiger partial charge in [0.15, 0.2) is 5.78 Å². The maximum atomic E-state index is 12.0. The third-order valence-electron chi connectivity index (χ3n) is 3.54. The molecular weight excluding hydrogens is 270 g/mol. The van der Waals surface area contributed by atoms with E-state index in [1.807, 2.05) is 20.8 Å². The van der Waals surface area contributed by atoms with E-state index in [-0.39, 0.29) is 11.9 Å². The molecule has 1 fully saturated rings. The molecule has 2 heterocycles. The maximum absolute atomic E-state index is 12.0. The van der Waals surface area contributed by atoms with E-state index in [2.05, 4.69) is 9.97 Å². The number of ketones is 1. The largest absolute Gasteiger partial charge is 0.444 e. The number of ether oxygens (including phenoxy) is 1. The molecule has 2 rings (SSSR count). The molecule has 0 aliphatic carbocycles. The van der Waals surface area contributed by atoms with Gasteiger partial charge in [0, 0.05) is 19.5 Å². The van der Waals surface area contributed by atoms with Gasteiger partial charge in [-0.05, 0) is 39.5 Å². The van der Waals surface area contributed by atoms with E-state index in [9.17, 15) is 9.59 Å². The summed E-state index contributed by atoms with van der Waals surface area (Å²) in [5.41, 5.74) is 0.0920. The number of likely N-dealkylation sites (tertiary alicyclic amines) is 1. The van der Waals surface area contributed by atoms with Crippen molar-refractivity contribution in [3.05, 3.63) is 18.2 Å². The summed E-state index contributed by atoms with van der Waals surface area (Å²) >= 11 is 0. The van der Waals surface area contributed by atoms with Crippen LogP contribution in [0.25, 0.3) is 0 Å². The molecule has 0 bridgehead atoms. The molecule has 1 saturated heterocycles. The van der Waals surface area contributed by atoms with Crippen LogP contribution in [0.1, 0.15) is 50.5 Å². The van der Waals surface area contributed by atoms with Gasteiger partial charge in [-0.1, -0.05) is 0 Å². The molecule has 0 atom stereocenters. The Morgan fingerprint density at radius 2 is 2.05 bits per heavy atom. The van der Waals surface area contributed by atoms with Gasteiger partial charge in [0.25, 0.3) is 0 Å². The number of hydrogen-bond acceptors (Lipinski definition) is 4. The van der Waals surface area contributed by atoms with Gasteiger partial charge in [-0.3, -0.25) is 4.79 Å². The Morgan fingerprint density at radius 1 is 1.38 bits per heavy atom. The summed E-state index contributed by atoms with van der Waals surface area (Å²) in [6.45, 7) is 6.88. The molecule has 0 unspecified atom stereocenters. The molecule has 1 amide bonds. The summed E-state index contributed by atoms with van der Waals surface area (Å²) in [4.78, 5) is 32.4. The Bertz CT molecular complexity index is 483. The molecule has 0 saturated carbocycles. The third-order valence-corrected chi connectivity index (χ3v) is 3.54. The highest BCUT2D eigenvalue weighted by Crippen LogP contribution is 2.23. The summed E-state index contributed by atoms with van der Waals surface area (Å²) < 4.78 is 5.36. The van der Waals surface area contributed by atoms with Crippen molar-refractivity contribution >= 4 is 11.9 Å². The van der Waals surface area contributed by atoms with Crippen molar-refractivity contribution in [3.8, 4) is 0 Å². The van der Waals surface area contributed by atoms with Gasteiger partial charge in [0.1, 0.15) is 11.3 Å². The number of imidazole rings is 1. The summed E-state index contributed by atoms with van der Waals surface area (Å²) in [6.07, 6.45) is 4.97. The minimum atomic E-state index is -0.468. The van der Waals surface area contributed by atoms with Crippen molar-refractivity contribution in [2.45, 2.75) is 45.6 Å². The minimum absolute atomic E-state index is 0.0863. The molecule has 1 aromatic rings. The Hall–Kier alpha value is -1.85. The van der Waals surface area contributed by atoms with Gasteiger partial charge in [-0.25, -0.2) is 9.78 Å². The Morgan fingerprint density at radius 3 is 2.57 bits per heavy atom. The van der Waals surface area contributed by atoms with Gasteiger partial charge in [0.05, 0.1) is 12.5 Å². The van der Waals surface area contributed by atoms with Crippen LogP contribution >= 0.6 is 0 Å². The number of piperidine rings is 1. The van der Waals surface area contributed by atoms with Gasteiger partial charge >= 0.3 is 6.09 Å². The number of amides is 1. The van der Waals surface area contributed by atoms with E-state index >= 15 is 0 Å². The number of nitrogens with one attached hydrogen (secondary N) is 1. The first-order valence-corrected chi connectivity index (χ1v) is 7.34. The predicted molar refractivity (Wildman–Crippen MR) is 78.1 cm³/mol. The van der Waals surface area contributed by atoms with E-state index in [4.69, 9.17) is 4.74 Å². The zero-order valence-electron chi connectivity index (χ0n) is 12.9. The molecule has 0 radical (unpaired) electrons. The lowest BCUT2D eigenvalue weighted by Gasteiger charge is -2.33. The van der Waals surface area contributed by atoms with Crippen LogP contribution < -0.4 is 0 Å². The summed E-state index contributed by atoms with van der Waals surface area (Å²) in [5.74, 6) is 0.405. The van der Waals surface area contributed by atoms with Crippen LogP contribution in [0.15, 0.2) is 12.5 Å². The zero-order chi connectivity index (χ0) is 15.5. The number of aromatic amines is 1. The Balaban J connectivity index is 1.78. The average Bonchev–Trinajstić information content (AvgIpc) is 2.91. The normalized spacial score (nSPS) is 16.8. The molecule has 21 heavy (non-hydrogen) atoms. The monoisotopic (exact) mass is 293 g/mol. The van der Waals surface area contributed by atoms with Crippen molar-refractivity contribution in [1.82, 2.24) is 14.9 Å². The van der Waals surface area contributed by atoms with E-state index in [0.29, 0.717) is 31.1 Å². The van der Waals surface area contributed by atoms with Crippen LogP contribution in [0.5, 0.6) is 0 Å². The Labute approximate surface area is 124 Å². The topological polar surface area (TPSA) is 75.3 Å². The maximum Gasteiger partial charge on any atom is 0.410 e. The fourth-order valence-electron chi connectivity index (χ4n) is 2.43. The molecular formula is C15H23N3O3. The van der Waals surface area contributed by atoms with Gasteiger partial charge in [-0.15, -0.1) is 0 Å². The first-order valence-electron chi connectivity index (χ1n) is 7.34. The van der Waals surface area contributed by atoms with Crippen molar-refractivity contribution < 1.29 is 14.3 Å². The highest BCUT2D eigenvalue weighted by molar-refractivity contribution is 5.94. The lowest BCUT2D eigenvalue weighted by molar-refractivity contribution is 0.0183.